The van der Waals surface area contributed by atoms with E-state index in [0.717, 1.165) is 24.4 Å². The third-order valence-electron chi connectivity index (χ3n) is 4.54. The van der Waals surface area contributed by atoms with Crippen LogP contribution in [0.4, 0.5) is 0 Å². The van der Waals surface area contributed by atoms with Crippen LogP contribution in [-0.2, 0) is 4.79 Å². The van der Waals surface area contributed by atoms with Crippen molar-refractivity contribution in [2.45, 2.75) is 26.3 Å². The second kappa shape index (κ2) is 6.47. The molecule has 1 aliphatic heterocycles. The molecule has 2 fully saturated rings. The van der Waals surface area contributed by atoms with Gasteiger partial charge in [-0.3, -0.25) is 4.79 Å². The van der Waals surface area contributed by atoms with E-state index in [-0.39, 0.29) is 29.8 Å². The monoisotopic (exact) mass is 324 g/mol. The molecule has 1 saturated carbocycles. The van der Waals surface area contributed by atoms with E-state index in [1.165, 1.54) is 0 Å². The summed E-state index contributed by atoms with van der Waals surface area (Å²) in [6, 6.07) is 7.95. The predicted octanol–water partition coefficient (Wildman–Crippen LogP) is 2.16. The smallest absolute Gasteiger partial charge is 0.224 e. The van der Waals surface area contributed by atoms with E-state index >= 15 is 0 Å². The number of para-hydroxylation sites is 1. The second-order valence-electron chi connectivity index (χ2n) is 6.94. The number of carbonyl (C=O) groups is 1. The van der Waals surface area contributed by atoms with Crippen molar-refractivity contribution < 1.29 is 9.53 Å². The van der Waals surface area contributed by atoms with E-state index in [0.29, 0.717) is 18.4 Å². The molecule has 22 heavy (non-hydrogen) atoms. The van der Waals surface area contributed by atoms with Gasteiger partial charge in [0.05, 0.1) is 5.54 Å². The Bertz CT molecular complexity index is 537. The van der Waals surface area contributed by atoms with E-state index in [1.807, 2.05) is 45.0 Å². The Labute approximate surface area is 138 Å². The Morgan fingerprint density at radius 1 is 1.32 bits per heavy atom. The van der Waals surface area contributed by atoms with Gasteiger partial charge in [0.15, 0.2) is 0 Å². The third-order valence-corrected chi connectivity index (χ3v) is 4.54. The van der Waals surface area contributed by atoms with E-state index < -0.39 is 0 Å². The maximum absolute atomic E-state index is 12.3. The van der Waals surface area contributed by atoms with Gasteiger partial charge < -0.3 is 15.4 Å². The molecule has 2 aliphatic rings. The summed E-state index contributed by atoms with van der Waals surface area (Å²) < 4.78 is 5.87. The summed E-state index contributed by atoms with van der Waals surface area (Å²) in [6.45, 7) is 8.51. The maximum atomic E-state index is 12.3. The SMILES string of the molecule is Cc1ccccc1OCC(C)(C)NC(=O)C1C2CNCC21.Cl. The van der Waals surface area contributed by atoms with Crippen molar-refractivity contribution in [3.05, 3.63) is 29.8 Å². The zero-order chi connectivity index (χ0) is 15.0. The fourth-order valence-corrected chi connectivity index (χ4v) is 3.24. The average molecular weight is 325 g/mol. The standard InChI is InChI=1S/C17H24N2O2.ClH/c1-11-6-4-5-7-14(11)21-10-17(2,3)19-16(20)15-12-8-18-9-13(12)15;/h4-7,12-13,15,18H,8-10H2,1-3H3,(H,19,20);1H. The summed E-state index contributed by atoms with van der Waals surface area (Å²) in [4.78, 5) is 12.3. The second-order valence-corrected chi connectivity index (χ2v) is 6.94. The Balaban J connectivity index is 0.00000176. The van der Waals surface area contributed by atoms with Crippen LogP contribution in [0.15, 0.2) is 24.3 Å². The molecule has 0 spiro atoms. The summed E-state index contributed by atoms with van der Waals surface area (Å²) in [7, 11) is 0. The number of piperidine rings is 1. The maximum Gasteiger partial charge on any atom is 0.224 e. The lowest BCUT2D eigenvalue weighted by Crippen LogP contribution is -2.49. The molecule has 1 aromatic rings. The van der Waals surface area contributed by atoms with Crippen LogP contribution in [0.25, 0.3) is 0 Å². The lowest BCUT2D eigenvalue weighted by Gasteiger charge is -2.27. The molecule has 2 atom stereocenters. The zero-order valence-electron chi connectivity index (χ0n) is 13.4. The Hall–Kier alpha value is -1.26. The van der Waals surface area contributed by atoms with Crippen molar-refractivity contribution >= 4 is 18.3 Å². The Morgan fingerprint density at radius 2 is 1.95 bits per heavy atom. The molecule has 1 aromatic carbocycles. The van der Waals surface area contributed by atoms with Gasteiger partial charge in [-0.25, -0.2) is 0 Å². The molecule has 1 heterocycles. The topological polar surface area (TPSA) is 50.4 Å². The van der Waals surface area contributed by atoms with E-state index in [4.69, 9.17) is 4.74 Å². The number of amides is 1. The first-order valence-corrected chi connectivity index (χ1v) is 7.69. The van der Waals surface area contributed by atoms with Crippen molar-refractivity contribution in [1.82, 2.24) is 10.6 Å². The highest BCUT2D eigenvalue weighted by Gasteiger charge is 2.57. The highest BCUT2D eigenvalue weighted by atomic mass is 35.5. The Kier molecular flexibility index (Phi) is 5.03. The molecule has 5 heteroatoms. The number of rotatable bonds is 5. The van der Waals surface area contributed by atoms with E-state index in [2.05, 4.69) is 10.6 Å². The minimum atomic E-state index is -0.357. The summed E-state index contributed by atoms with van der Waals surface area (Å²) in [5.41, 5.74) is 0.756. The van der Waals surface area contributed by atoms with Crippen molar-refractivity contribution in [3.63, 3.8) is 0 Å². The van der Waals surface area contributed by atoms with Crippen LogP contribution in [0.1, 0.15) is 19.4 Å². The lowest BCUT2D eigenvalue weighted by atomic mass is 10.1. The van der Waals surface area contributed by atoms with Gasteiger partial charge in [0.2, 0.25) is 5.91 Å². The zero-order valence-corrected chi connectivity index (χ0v) is 14.2. The van der Waals surface area contributed by atoms with Crippen LogP contribution in [0.2, 0.25) is 0 Å². The van der Waals surface area contributed by atoms with Gasteiger partial charge in [-0.2, -0.15) is 0 Å². The fraction of sp³-hybridized carbons (Fsp3) is 0.588. The molecular weight excluding hydrogens is 300 g/mol. The average Bonchev–Trinajstić information content (AvgIpc) is 2.92. The van der Waals surface area contributed by atoms with Crippen molar-refractivity contribution in [3.8, 4) is 5.75 Å². The number of ether oxygens (including phenoxy) is 1. The van der Waals surface area contributed by atoms with Gasteiger partial charge in [0, 0.05) is 5.92 Å². The number of benzene rings is 1. The van der Waals surface area contributed by atoms with Crippen molar-refractivity contribution in [1.29, 1.82) is 0 Å². The molecular formula is C17H25ClN2O2. The molecule has 3 rings (SSSR count). The number of carbonyl (C=O) groups excluding carboxylic acids is 1. The van der Waals surface area contributed by atoms with Gasteiger partial charge >= 0.3 is 0 Å². The minimum Gasteiger partial charge on any atom is -0.491 e. The highest BCUT2D eigenvalue weighted by Crippen LogP contribution is 2.48. The fourth-order valence-electron chi connectivity index (χ4n) is 3.24. The molecule has 122 valence electrons. The first kappa shape index (κ1) is 17.1. The van der Waals surface area contributed by atoms with Gasteiger partial charge in [-0.15, -0.1) is 12.4 Å². The molecule has 0 radical (unpaired) electrons. The number of aryl methyl sites for hydroxylation is 1. The molecule has 0 aromatic heterocycles. The number of hydrogen-bond donors (Lipinski definition) is 2. The van der Waals surface area contributed by atoms with Crippen molar-refractivity contribution in [2.24, 2.45) is 17.8 Å². The largest absolute Gasteiger partial charge is 0.491 e. The summed E-state index contributed by atoms with van der Waals surface area (Å²) >= 11 is 0. The van der Waals surface area contributed by atoms with Gasteiger partial charge in [-0.05, 0) is 57.3 Å². The molecule has 1 amide bonds. The first-order valence-electron chi connectivity index (χ1n) is 7.69. The van der Waals surface area contributed by atoms with Gasteiger partial charge in [-0.1, -0.05) is 18.2 Å². The van der Waals surface area contributed by atoms with Crippen LogP contribution in [0.5, 0.6) is 5.75 Å². The number of hydrogen-bond acceptors (Lipinski definition) is 3. The van der Waals surface area contributed by atoms with E-state index in [1.54, 1.807) is 0 Å². The first-order chi connectivity index (χ1) is 9.98. The molecule has 2 N–H and O–H groups in total. The molecule has 4 nitrogen and oxygen atoms in total. The minimum absolute atomic E-state index is 0. The van der Waals surface area contributed by atoms with Crippen LogP contribution in [0.3, 0.4) is 0 Å². The summed E-state index contributed by atoms with van der Waals surface area (Å²) in [5, 5.41) is 6.46. The normalized spacial score (nSPS) is 25.9. The van der Waals surface area contributed by atoms with Gasteiger partial charge in [0.1, 0.15) is 12.4 Å². The summed E-state index contributed by atoms with van der Waals surface area (Å²) in [6.07, 6.45) is 0. The lowest BCUT2D eigenvalue weighted by molar-refractivity contribution is -0.125. The van der Waals surface area contributed by atoms with E-state index in [9.17, 15) is 4.79 Å². The van der Waals surface area contributed by atoms with Crippen LogP contribution < -0.4 is 15.4 Å². The summed E-state index contributed by atoms with van der Waals surface area (Å²) in [5.74, 6) is 2.39. The van der Waals surface area contributed by atoms with Crippen LogP contribution in [-0.4, -0.2) is 31.1 Å². The molecule has 1 aliphatic carbocycles. The molecule has 1 saturated heterocycles. The van der Waals surface area contributed by atoms with Gasteiger partial charge in [0.25, 0.3) is 0 Å². The van der Waals surface area contributed by atoms with Crippen LogP contribution >= 0.6 is 12.4 Å². The number of fused-ring (bicyclic) bond motifs is 1. The third kappa shape index (κ3) is 3.55. The highest BCUT2D eigenvalue weighted by molar-refractivity contribution is 5.85. The molecule has 0 bridgehead atoms. The predicted molar refractivity (Wildman–Crippen MR) is 89.5 cm³/mol. The quantitative estimate of drug-likeness (QED) is 0.872. The Morgan fingerprint density at radius 3 is 2.59 bits per heavy atom. The number of nitrogens with one attached hydrogen (secondary N) is 2. The van der Waals surface area contributed by atoms with Crippen LogP contribution in [0, 0.1) is 24.7 Å². The van der Waals surface area contributed by atoms with Crippen molar-refractivity contribution in [2.75, 3.05) is 19.7 Å². The molecule has 2 unspecified atom stereocenters. The number of halogens is 1.